The number of ether oxygens (including phenoxy) is 1. The molecule has 4 nitrogen and oxygen atoms in total. The Morgan fingerprint density at radius 2 is 1.86 bits per heavy atom. The molecule has 4 heteroatoms. The number of carbonyl (C=O) groups is 1. The number of amides is 1. The van der Waals surface area contributed by atoms with E-state index in [0.717, 1.165) is 16.8 Å². The fourth-order valence-corrected chi connectivity index (χ4v) is 2.03. The first-order valence-electron chi connectivity index (χ1n) is 7.38. The Balaban J connectivity index is 1.93. The lowest BCUT2D eigenvalue weighted by Gasteiger charge is -2.10. The Labute approximate surface area is 131 Å². The number of hydrogen-bond donors (Lipinski definition) is 2. The van der Waals surface area contributed by atoms with Crippen LogP contribution >= 0.6 is 0 Å². The Bertz CT molecular complexity index is 621. The number of hydrogen-bond acceptors (Lipinski definition) is 3. The molecule has 3 N–H and O–H groups in total. The number of rotatable bonds is 6. The molecule has 2 aromatic carbocycles. The Morgan fingerprint density at radius 1 is 1.14 bits per heavy atom. The molecule has 0 fully saturated rings. The lowest BCUT2D eigenvalue weighted by molar-refractivity contribution is -0.115. The van der Waals surface area contributed by atoms with Gasteiger partial charge in [-0.1, -0.05) is 24.3 Å². The van der Waals surface area contributed by atoms with Crippen LogP contribution in [0.3, 0.4) is 0 Å². The van der Waals surface area contributed by atoms with Crippen molar-refractivity contribution in [2.75, 3.05) is 11.1 Å². The summed E-state index contributed by atoms with van der Waals surface area (Å²) in [5.74, 6) is -0.0494. The van der Waals surface area contributed by atoms with Crippen LogP contribution in [-0.2, 0) is 22.6 Å². The summed E-state index contributed by atoms with van der Waals surface area (Å²) in [6.07, 6.45) is 0.510. The quantitative estimate of drug-likeness (QED) is 0.804. The lowest BCUT2D eigenvalue weighted by atomic mass is 10.1. The number of anilines is 2. The first-order chi connectivity index (χ1) is 10.5. The molecule has 0 aromatic heterocycles. The minimum Gasteiger partial charge on any atom is -0.399 e. The number of carbonyl (C=O) groups excluding carboxylic acids is 1. The van der Waals surface area contributed by atoms with Crippen LogP contribution in [0.1, 0.15) is 25.0 Å². The fraction of sp³-hybridized carbons (Fsp3) is 0.278. The molecule has 116 valence electrons. The molecule has 22 heavy (non-hydrogen) atoms. The highest BCUT2D eigenvalue weighted by atomic mass is 16.5. The van der Waals surface area contributed by atoms with Crippen molar-refractivity contribution < 1.29 is 9.53 Å². The molecular weight excluding hydrogens is 276 g/mol. The highest BCUT2D eigenvalue weighted by Crippen LogP contribution is 2.13. The van der Waals surface area contributed by atoms with Crippen LogP contribution in [-0.4, -0.2) is 12.0 Å². The molecule has 0 aliphatic heterocycles. The van der Waals surface area contributed by atoms with Gasteiger partial charge in [-0.05, 0) is 49.2 Å². The van der Waals surface area contributed by atoms with Crippen molar-refractivity contribution in [2.24, 2.45) is 0 Å². The largest absolute Gasteiger partial charge is 0.399 e. The average Bonchev–Trinajstić information content (AvgIpc) is 2.48. The second-order valence-corrected chi connectivity index (χ2v) is 5.53. The monoisotopic (exact) mass is 298 g/mol. The molecule has 2 rings (SSSR count). The van der Waals surface area contributed by atoms with Crippen molar-refractivity contribution in [3.63, 3.8) is 0 Å². The van der Waals surface area contributed by atoms with E-state index in [4.69, 9.17) is 10.5 Å². The van der Waals surface area contributed by atoms with Crippen molar-refractivity contribution in [1.82, 2.24) is 0 Å². The Morgan fingerprint density at radius 3 is 2.55 bits per heavy atom. The van der Waals surface area contributed by atoms with E-state index < -0.39 is 0 Å². The van der Waals surface area contributed by atoms with Crippen molar-refractivity contribution in [2.45, 2.75) is 33.0 Å². The third kappa shape index (κ3) is 5.22. The van der Waals surface area contributed by atoms with Gasteiger partial charge in [-0.3, -0.25) is 4.79 Å². The van der Waals surface area contributed by atoms with E-state index in [1.165, 1.54) is 0 Å². The zero-order valence-corrected chi connectivity index (χ0v) is 13.0. The number of nitrogens with two attached hydrogens (primary N) is 1. The minimum atomic E-state index is -0.0494. The predicted molar refractivity (Wildman–Crippen MR) is 89.6 cm³/mol. The molecule has 0 bridgehead atoms. The van der Waals surface area contributed by atoms with Crippen molar-refractivity contribution in [3.8, 4) is 0 Å². The van der Waals surface area contributed by atoms with Gasteiger partial charge in [-0.15, -0.1) is 0 Å². The van der Waals surface area contributed by atoms with Crippen LogP contribution in [0.15, 0.2) is 48.5 Å². The standard InChI is InChI=1S/C18H22N2O2/c1-13(2)22-12-15-4-3-5-17(10-15)20-18(21)11-14-6-8-16(19)9-7-14/h3-10,13H,11-12,19H2,1-2H3,(H,20,21). The normalized spacial score (nSPS) is 10.7. The van der Waals surface area contributed by atoms with E-state index in [0.29, 0.717) is 18.7 Å². The van der Waals surface area contributed by atoms with E-state index in [-0.39, 0.29) is 12.0 Å². The van der Waals surface area contributed by atoms with Gasteiger partial charge in [0.2, 0.25) is 5.91 Å². The summed E-state index contributed by atoms with van der Waals surface area (Å²) >= 11 is 0. The average molecular weight is 298 g/mol. The van der Waals surface area contributed by atoms with Gasteiger partial charge in [-0.25, -0.2) is 0 Å². The molecule has 0 unspecified atom stereocenters. The maximum Gasteiger partial charge on any atom is 0.228 e. The van der Waals surface area contributed by atoms with Gasteiger partial charge < -0.3 is 15.8 Å². The van der Waals surface area contributed by atoms with Crippen LogP contribution in [0.4, 0.5) is 11.4 Å². The molecule has 2 aromatic rings. The SMILES string of the molecule is CC(C)OCc1cccc(NC(=O)Cc2ccc(N)cc2)c1. The maximum atomic E-state index is 12.1. The van der Waals surface area contributed by atoms with Crippen LogP contribution < -0.4 is 11.1 Å². The molecule has 0 heterocycles. The van der Waals surface area contributed by atoms with Gasteiger partial charge in [0.15, 0.2) is 0 Å². The van der Waals surface area contributed by atoms with Gasteiger partial charge >= 0.3 is 0 Å². The summed E-state index contributed by atoms with van der Waals surface area (Å²) in [5, 5.41) is 2.91. The molecule has 0 radical (unpaired) electrons. The van der Waals surface area contributed by atoms with Crippen LogP contribution in [0.25, 0.3) is 0 Å². The van der Waals surface area contributed by atoms with E-state index in [1.54, 1.807) is 12.1 Å². The maximum absolute atomic E-state index is 12.1. The van der Waals surface area contributed by atoms with E-state index in [2.05, 4.69) is 5.32 Å². The highest BCUT2D eigenvalue weighted by Gasteiger charge is 2.05. The lowest BCUT2D eigenvalue weighted by Crippen LogP contribution is -2.14. The van der Waals surface area contributed by atoms with Gasteiger partial charge in [0.05, 0.1) is 19.1 Å². The zero-order chi connectivity index (χ0) is 15.9. The molecule has 0 atom stereocenters. The number of nitrogens with one attached hydrogen (secondary N) is 1. The third-order valence-corrected chi connectivity index (χ3v) is 3.14. The summed E-state index contributed by atoms with van der Waals surface area (Å²) in [4.78, 5) is 12.1. The topological polar surface area (TPSA) is 64.3 Å². The van der Waals surface area contributed by atoms with Crippen molar-refractivity contribution in [3.05, 3.63) is 59.7 Å². The van der Waals surface area contributed by atoms with Gasteiger partial charge in [0, 0.05) is 11.4 Å². The Kier molecular flexibility index (Phi) is 5.55. The predicted octanol–water partition coefficient (Wildman–Crippen LogP) is 3.38. The summed E-state index contributed by atoms with van der Waals surface area (Å²) < 4.78 is 5.57. The smallest absolute Gasteiger partial charge is 0.228 e. The van der Waals surface area contributed by atoms with Crippen molar-refractivity contribution in [1.29, 1.82) is 0 Å². The first kappa shape index (κ1) is 16.0. The molecule has 1 amide bonds. The summed E-state index contributed by atoms with van der Waals surface area (Å²) in [6, 6.07) is 15.0. The first-order valence-corrected chi connectivity index (χ1v) is 7.38. The van der Waals surface area contributed by atoms with Crippen LogP contribution in [0.5, 0.6) is 0 Å². The molecule has 0 aliphatic carbocycles. The van der Waals surface area contributed by atoms with Gasteiger partial charge in [-0.2, -0.15) is 0 Å². The van der Waals surface area contributed by atoms with E-state index in [9.17, 15) is 4.79 Å². The van der Waals surface area contributed by atoms with E-state index >= 15 is 0 Å². The fourth-order valence-electron chi connectivity index (χ4n) is 2.03. The third-order valence-electron chi connectivity index (χ3n) is 3.14. The molecule has 0 spiro atoms. The molecular formula is C18H22N2O2. The van der Waals surface area contributed by atoms with Crippen molar-refractivity contribution >= 4 is 17.3 Å². The summed E-state index contributed by atoms with van der Waals surface area (Å²) in [6.45, 7) is 4.54. The summed E-state index contributed by atoms with van der Waals surface area (Å²) in [5.41, 5.74) is 9.09. The highest BCUT2D eigenvalue weighted by molar-refractivity contribution is 5.92. The van der Waals surface area contributed by atoms with Gasteiger partial charge in [0.1, 0.15) is 0 Å². The second kappa shape index (κ2) is 7.61. The Hall–Kier alpha value is -2.33. The number of benzene rings is 2. The van der Waals surface area contributed by atoms with Gasteiger partial charge in [0.25, 0.3) is 0 Å². The zero-order valence-electron chi connectivity index (χ0n) is 13.0. The summed E-state index contributed by atoms with van der Waals surface area (Å²) in [7, 11) is 0. The number of nitrogen functional groups attached to an aromatic ring is 1. The van der Waals surface area contributed by atoms with Crippen LogP contribution in [0.2, 0.25) is 0 Å². The molecule has 0 saturated heterocycles. The minimum absolute atomic E-state index is 0.0494. The molecule has 0 aliphatic rings. The van der Waals surface area contributed by atoms with E-state index in [1.807, 2.05) is 50.2 Å². The second-order valence-electron chi connectivity index (χ2n) is 5.53. The van der Waals surface area contributed by atoms with Crippen LogP contribution in [0, 0.1) is 0 Å². The molecule has 0 saturated carbocycles.